The Kier molecular flexibility index (Phi) is 10.8. The minimum absolute atomic E-state index is 0. The highest BCUT2D eigenvalue weighted by Gasteiger charge is 2.29. The van der Waals surface area contributed by atoms with Gasteiger partial charge >= 0.3 is 0 Å². The lowest BCUT2D eigenvalue weighted by Crippen LogP contribution is -2.47. The van der Waals surface area contributed by atoms with E-state index in [-0.39, 0.29) is 24.0 Å². The van der Waals surface area contributed by atoms with Crippen LogP contribution in [0.5, 0.6) is 0 Å². The zero-order chi connectivity index (χ0) is 20.6. The number of benzene rings is 1. The molecule has 170 valence electrons. The van der Waals surface area contributed by atoms with Gasteiger partial charge in [-0.1, -0.05) is 30.3 Å². The maximum atomic E-state index is 5.82. The molecule has 2 aliphatic heterocycles. The van der Waals surface area contributed by atoms with Crippen LogP contribution in [-0.4, -0.2) is 79.8 Å². The third kappa shape index (κ3) is 7.98. The largest absolute Gasteiger partial charge is 0.373 e. The molecule has 2 saturated heterocycles. The first-order valence-corrected chi connectivity index (χ1v) is 11.2. The van der Waals surface area contributed by atoms with Crippen LogP contribution in [0.1, 0.15) is 39.2 Å². The average Bonchev–Trinajstić information content (AvgIpc) is 3.03. The van der Waals surface area contributed by atoms with Crippen molar-refractivity contribution >= 4 is 29.9 Å². The zero-order valence-corrected chi connectivity index (χ0v) is 21.3. The Morgan fingerprint density at radius 2 is 1.80 bits per heavy atom. The van der Waals surface area contributed by atoms with Gasteiger partial charge in [0.25, 0.3) is 0 Å². The summed E-state index contributed by atoms with van der Waals surface area (Å²) in [4.78, 5) is 9.50. The molecular weight excluding hydrogens is 489 g/mol. The van der Waals surface area contributed by atoms with Crippen LogP contribution in [-0.2, 0) is 11.3 Å². The Labute approximate surface area is 199 Å². The summed E-state index contributed by atoms with van der Waals surface area (Å²) in [5.74, 6) is 0.924. The fraction of sp³-hybridized carbons (Fsp3) is 0.696. The first kappa shape index (κ1) is 25.4. The molecule has 1 aromatic carbocycles. The maximum Gasteiger partial charge on any atom is 0.191 e. The van der Waals surface area contributed by atoms with Gasteiger partial charge in [-0.2, -0.15) is 0 Å². The number of nitrogens with zero attached hydrogens (tertiary/aromatic N) is 3. The van der Waals surface area contributed by atoms with Gasteiger partial charge in [0, 0.05) is 58.4 Å². The van der Waals surface area contributed by atoms with E-state index < -0.39 is 0 Å². The molecule has 0 aromatic heterocycles. The minimum Gasteiger partial charge on any atom is -0.373 e. The van der Waals surface area contributed by atoms with Gasteiger partial charge in [0.1, 0.15) is 0 Å². The van der Waals surface area contributed by atoms with Crippen LogP contribution in [0.3, 0.4) is 0 Å². The number of morpholine rings is 1. The van der Waals surface area contributed by atoms with Crippen LogP contribution in [0.25, 0.3) is 0 Å². The minimum atomic E-state index is 0. The highest BCUT2D eigenvalue weighted by molar-refractivity contribution is 14.0. The number of halogens is 1. The molecule has 2 aliphatic rings. The second-order valence-corrected chi connectivity index (χ2v) is 8.71. The summed E-state index contributed by atoms with van der Waals surface area (Å²) in [5, 5.41) is 7.13. The Bertz CT molecular complexity index is 634. The molecule has 2 fully saturated rings. The Balaban J connectivity index is 0.00000320. The highest BCUT2D eigenvalue weighted by atomic mass is 127. The molecule has 0 bridgehead atoms. The van der Waals surface area contributed by atoms with Crippen LogP contribution >= 0.6 is 24.0 Å². The van der Waals surface area contributed by atoms with Gasteiger partial charge in [-0.15, -0.1) is 24.0 Å². The van der Waals surface area contributed by atoms with E-state index in [0.717, 1.165) is 58.1 Å². The van der Waals surface area contributed by atoms with Crippen LogP contribution in [0.4, 0.5) is 0 Å². The summed E-state index contributed by atoms with van der Waals surface area (Å²) in [5.41, 5.74) is 1.38. The lowest BCUT2D eigenvalue weighted by Gasteiger charge is -2.35. The van der Waals surface area contributed by atoms with Gasteiger partial charge in [-0.3, -0.25) is 14.8 Å². The molecule has 7 heteroatoms. The molecule has 1 aromatic rings. The quantitative estimate of drug-likeness (QED) is 0.246. The Morgan fingerprint density at radius 3 is 2.47 bits per heavy atom. The molecule has 0 saturated carbocycles. The molecule has 3 rings (SSSR count). The van der Waals surface area contributed by atoms with Crippen molar-refractivity contribution < 1.29 is 4.74 Å². The van der Waals surface area contributed by atoms with Crippen molar-refractivity contribution in [2.45, 2.75) is 64.4 Å². The summed E-state index contributed by atoms with van der Waals surface area (Å²) >= 11 is 0. The Hall–Kier alpha value is -0.900. The standard InChI is InChI=1S/C23H39N5O.HI/c1-18-13-22(17-28(18)16-21-9-6-5-7-10-21)26-23(24-4)25-11-8-12-27-14-19(2)29-20(3)15-27;/h5-7,9-10,18-20,22H,8,11-17H2,1-4H3,(H2,24,25,26);1H. The highest BCUT2D eigenvalue weighted by Crippen LogP contribution is 2.20. The number of hydrogen-bond acceptors (Lipinski definition) is 4. The van der Waals surface area contributed by atoms with E-state index in [2.05, 4.69) is 76.5 Å². The third-order valence-electron chi connectivity index (χ3n) is 5.94. The van der Waals surface area contributed by atoms with Crippen molar-refractivity contribution in [3.8, 4) is 0 Å². The number of ether oxygens (including phenoxy) is 1. The first-order chi connectivity index (χ1) is 14.0. The second-order valence-electron chi connectivity index (χ2n) is 8.71. The average molecular weight is 530 g/mol. The van der Waals surface area contributed by atoms with Crippen LogP contribution in [0, 0.1) is 0 Å². The fourth-order valence-electron chi connectivity index (χ4n) is 4.61. The van der Waals surface area contributed by atoms with Gasteiger partial charge in [0.15, 0.2) is 5.96 Å². The molecule has 6 nitrogen and oxygen atoms in total. The first-order valence-electron chi connectivity index (χ1n) is 11.2. The molecule has 0 spiro atoms. The molecule has 0 amide bonds. The van der Waals surface area contributed by atoms with Crippen LogP contribution < -0.4 is 10.6 Å². The van der Waals surface area contributed by atoms with E-state index in [1.807, 2.05) is 7.05 Å². The van der Waals surface area contributed by atoms with Crippen molar-refractivity contribution in [3.05, 3.63) is 35.9 Å². The summed E-state index contributed by atoms with van der Waals surface area (Å²) in [6, 6.07) is 11.8. The normalized spacial score (nSPS) is 28.2. The summed E-state index contributed by atoms with van der Waals surface area (Å²) in [6.07, 6.45) is 2.94. The van der Waals surface area contributed by atoms with E-state index in [1.165, 1.54) is 5.56 Å². The molecule has 2 N–H and O–H groups in total. The van der Waals surface area contributed by atoms with Gasteiger partial charge in [-0.05, 0) is 39.2 Å². The van der Waals surface area contributed by atoms with E-state index in [4.69, 9.17) is 4.74 Å². The number of hydrogen-bond donors (Lipinski definition) is 2. The number of likely N-dealkylation sites (tertiary alicyclic amines) is 1. The maximum absolute atomic E-state index is 5.82. The molecule has 4 unspecified atom stereocenters. The van der Waals surface area contributed by atoms with Gasteiger partial charge in [0.2, 0.25) is 0 Å². The van der Waals surface area contributed by atoms with E-state index in [1.54, 1.807) is 0 Å². The number of guanidine groups is 1. The second kappa shape index (κ2) is 12.8. The van der Waals surface area contributed by atoms with Crippen LogP contribution in [0.2, 0.25) is 0 Å². The van der Waals surface area contributed by atoms with Crippen LogP contribution in [0.15, 0.2) is 35.3 Å². The summed E-state index contributed by atoms with van der Waals surface area (Å²) in [6.45, 7) is 12.8. The molecule has 0 aliphatic carbocycles. The molecule has 0 radical (unpaired) electrons. The van der Waals surface area contributed by atoms with Crippen molar-refractivity contribution in [1.82, 2.24) is 20.4 Å². The van der Waals surface area contributed by atoms with E-state index in [0.29, 0.717) is 24.3 Å². The smallest absolute Gasteiger partial charge is 0.191 e. The monoisotopic (exact) mass is 529 g/mol. The lowest BCUT2D eigenvalue weighted by molar-refractivity contribution is -0.0679. The number of nitrogens with one attached hydrogen (secondary N) is 2. The SMILES string of the molecule is CN=C(NCCCN1CC(C)OC(C)C1)NC1CC(C)N(Cc2ccccc2)C1.I. The molecular formula is C23H40IN5O. The topological polar surface area (TPSA) is 52.1 Å². The Morgan fingerprint density at radius 1 is 1.10 bits per heavy atom. The fourth-order valence-corrected chi connectivity index (χ4v) is 4.61. The predicted octanol–water partition coefficient (Wildman–Crippen LogP) is 2.93. The third-order valence-corrected chi connectivity index (χ3v) is 5.94. The van der Waals surface area contributed by atoms with Gasteiger partial charge in [0.05, 0.1) is 12.2 Å². The molecule has 4 atom stereocenters. The van der Waals surface area contributed by atoms with Crippen molar-refractivity contribution in [3.63, 3.8) is 0 Å². The van der Waals surface area contributed by atoms with Crippen molar-refractivity contribution in [2.75, 3.05) is 39.8 Å². The van der Waals surface area contributed by atoms with E-state index >= 15 is 0 Å². The van der Waals surface area contributed by atoms with Crippen molar-refractivity contribution in [1.29, 1.82) is 0 Å². The zero-order valence-electron chi connectivity index (χ0n) is 19.0. The lowest BCUT2D eigenvalue weighted by atomic mass is 10.2. The predicted molar refractivity (Wildman–Crippen MR) is 136 cm³/mol. The van der Waals surface area contributed by atoms with E-state index in [9.17, 15) is 0 Å². The van der Waals surface area contributed by atoms with Gasteiger partial charge < -0.3 is 15.4 Å². The number of rotatable bonds is 7. The number of aliphatic imine (C=N–C) groups is 1. The molecule has 30 heavy (non-hydrogen) atoms. The van der Waals surface area contributed by atoms with Crippen molar-refractivity contribution in [2.24, 2.45) is 4.99 Å². The summed E-state index contributed by atoms with van der Waals surface area (Å²) < 4.78 is 5.82. The molecule has 2 heterocycles. The van der Waals surface area contributed by atoms with Gasteiger partial charge in [-0.25, -0.2) is 0 Å². The summed E-state index contributed by atoms with van der Waals surface area (Å²) in [7, 11) is 1.86.